The monoisotopic (exact) mass is 354 g/mol. The van der Waals surface area contributed by atoms with E-state index in [1.54, 1.807) is 11.3 Å². The van der Waals surface area contributed by atoms with Crippen molar-refractivity contribution in [2.45, 2.75) is 25.4 Å². The molecule has 1 fully saturated rings. The number of nitrogens with one attached hydrogen (secondary N) is 2. The number of urea groups is 1. The first-order valence-corrected chi connectivity index (χ1v) is 9.32. The Hall–Kier alpha value is -1.15. The lowest BCUT2D eigenvalue weighted by Gasteiger charge is -2.40. The summed E-state index contributed by atoms with van der Waals surface area (Å²) in [6, 6.07) is 4.24. The van der Waals surface area contributed by atoms with Crippen molar-refractivity contribution < 1.29 is 9.53 Å². The van der Waals surface area contributed by atoms with Gasteiger partial charge in [-0.1, -0.05) is 6.07 Å². The van der Waals surface area contributed by atoms with Gasteiger partial charge in [-0.3, -0.25) is 4.90 Å². The van der Waals surface area contributed by atoms with Crippen LogP contribution in [0.2, 0.25) is 0 Å². The number of hydrogen-bond donors (Lipinski definition) is 2. The number of thiophene rings is 1. The van der Waals surface area contributed by atoms with Gasteiger partial charge in [0.05, 0.1) is 19.3 Å². The summed E-state index contributed by atoms with van der Waals surface area (Å²) in [5.74, 6) is 0. The zero-order chi connectivity index (χ0) is 17.6. The second kappa shape index (κ2) is 8.80. The number of ether oxygens (including phenoxy) is 1. The molecule has 0 saturated carbocycles. The van der Waals surface area contributed by atoms with Gasteiger partial charge in [-0.2, -0.15) is 0 Å². The molecule has 0 aliphatic carbocycles. The van der Waals surface area contributed by atoms with Gasteiger partial charge in [-0.25, -0.2) is 4.79 Å². The summed E-state index contributed by atoms with van der Waals surface area (Å²) in [7, 11) is 4.07. The van der Waals surface area contributed by atoms with E-state index in [4.69, 9.17) is 4.74 Å². The molecule has 1 aromatic heterocycles. The predicted molar refractivity (Wildman–Crippen MR) is 98.6 cm³/mol. The van der Waals surface area contributed by atoms with E-state index in [1.165, 1.54) is 4.88 Å². The number of nitrogens with zero attached hydrogens (tertiary/aromatic N) is 2. The third kappa shape index (κ3) is 5.44. The predicted octanol–water partition coefficient (Wildman–Crippen LogP) is 1.76. The average Bonchev–Trinajstić information content (AvgIpc) is 3.08. The number of amides is 2. The third-order valence-corrected chi connectivity index (χ3v) is 5.47. The Labute approximate surface area is 149 Å². The Morgan fingerprint density at radius 3 is 2.67 bits per heavy atom. The molecule has 2 rings (SSSR count). The molecule has 2 heterocycles. The number of hydrogen-bond acceptors (Lipinski definition) is 5. The third-order valence-electron chi connectivity index (χ3n) is 4.50. The molecule has 0 spiro atoms. The first-order valence-electron chi connectivity index (χ1n) is 8.44. The molecule has 24 heavy (non-hydrogen) atoms. The number of carbonyl (C=O) groups excluding carboxylic acids is 1. The molecule has 1 aliphatic heterocycles. The van der Waals surface area contributed by atoms with E-state index < -0.39 is 0 Å². The molecule has 1 aliphatic rings. The summed E-state index contributed by atoms with van der Waals surface area (Å²) >= 11 is 1.72. The van der Waals surface area contributed by atoms with Gasteiger partial charge in [0, 0.05) is 36.6 Å². The highest BCUT2D eigenvalue weighted by Gasteiger charge is 2.28. The normalized spacial score (nSPS) is 17.7. The minimum Gasteiger partial charge on any atom is -0.379 e. The summed E-state index contributed by atoms with van der Waals surface area (Å²) < 4.78 is 5.40. The Kier molecular flexibility index (Phi) is 7.03. The molecule has 2 amide bonds. The van der Waals surface area contributed by atoms with E-state index in [0.29, 0.717) is 13.1 Å². The molecule has 2 N–H and O–H groups in total. The zero-order valence-electron chi connectivity index (χ0n) is 15.2. The van der Waals surface area contributed by atoms with E-state index in [0.717, 1.165) is 26.3 Å². The molecular weight excluding hydrogens is 324 g/mol. The molecule has 1 aromatic rings. The van der Waals surface area contributed by atoms with Gasteiger partial charge in [-0.15, -0.1) is 11.3 Å². The maximum absolute atomic E-state index is 12.2. The molecule has 0 aromatic carbocycles. The van der Waals surface area contributed by atoms with Gasteiger partial charge in [0.15, 0.2) is 0 Å². The van der Waals surface area contributed by atoms with Crippen LogP contribution in [0.5, 0.6) is 0 Å². The van der Waals surface area contributed by atoms with Crippen molar-refractivity contribution in [3.05, 3.63) is 22.4 Å². The molecule has 0 bridgehead atoms. The summed E-state index contributed by atoms with van der Waals surface area (Å²) in [4.78, 5) is 17.9. The lowest BCUT2D eigenvalue weighted by Crippen LogP contribution is -2.56. The highest BCUT2D eigenvalue weighted by Crippen LogP contribution is 2.22. The van der Waals surface area contributed by atoms with Crippen LogP contribution in [0, 0.1) is 0 Å². The molecule has 1 unspecified atom stereocenters. The van der Waals surface area contributed by atoms with E-state index >= 15 is 0 Å². The summed E-state index contributed by atoms with van der Waals surface area (Å²) in [6.07, 6.45) is 0. The van der Waals surface area contributed by atoms with Crippen LogP contribution in [0.15, 0.2) is 17.5 Å². The molecule has 1 atom stereocenters. The van der Waals surface area contributed by atoms with Crippen LogP contribution in [0.1, 0.15) is 24.8 Å². The lowest BCUT2D eigenvalue weighted by atomic mass is 10.0. The Morgan fingerprint density at radius 1 is 1.38 bits per heavy atom. The SMILES string of the molecule is CN(C)C(CNC(=O)NCC(C)(C)N1CCOCC1)c1cccs1. The van der Waals surface area contributed by atoms with Crippen LogP contribution < -0.4 is 10.6 Å². The van der Waals surface area contributed by atoms with Crippen LogP contribution in [0.3, 0.4) is 0 Å². The average molecular weight is 355 g/mol. The van der Waals surface area contributed by atoms with Crippen molar-refractivity contribution in [2.24, 2.45) is 0 Å². The van der Waals surface area contributed by atoms with E-state index in [-0.39, 0.29) is 17.6 Å². The summed E-state index contributed by atoms with van der Waals surface area (Å²) in [5.41, 5.74) is -0.0736. The van der Waals surface area contributed by atoms with Crippen LogP contribution in [0.4, 0.5) is 4.79 Å². The van der Waals surface area contributed by atoms with Crippen LogP contribution >= 0.6 is 11.3 Å². The Bertz CT molecular complexity index is 499. The van der Waals surface area contributed by atoms with Gasteiger partial charge < -0.3 is 20.3 Å². The number of carbonyl (C=O) groups is 1. The Morgan fingerprint density at radius 2 is 2.08 bits per heavy atom. The van der Waals surface area contributed by atoms with Crippen LogP contribution in [0.25, 0.3) is 0 Å². The van der Waals surface area contributed by atoms with E-state index in [2.05, 4.69) is 45.7 Å². The molecule has 7 heteroatoms. The topological polar surface area (TPSA) is 56.8 Å². The smallest absolute Gasteiger partial charge is 0.314 e. The Balaban J connectivity index is 1.78. The van der Waals surface area contributed by atoms with E-state index in [1.807, 2.05) is 20.2 Å². The van der Waals surface area contributed by atoms with Crippen molar-refractivity contribution in [3.63, 3.8) is 0 Å². The minimum atomic E-state index is -0.111. The summed E-state index contributed by atoms with van der Waals surface area (Å²) in [6.45, 7) is 8.89. The lowest BCUT2D eigenvalue weighted by molar-refractivity contribution is -0.00875. The first kappa shape index (κ1) is 19.2. The van der Waals surface area contributed by atoms with Gasteiger partial charge >= 0.3 is 6.03 Å². The number of morpholine rings is 1. The van der Waals surface area contributed by atoms with Gasteiger partial charge in [-0.05, 0) is 39.4 Å². The minimum absolute atomic E-state index is 0.0736. The van der Waals surface area contributed by atoms with Crippen molar-refractivity contribution in [1.29, 1.82) is 0 Å². The van der Waals surface area contributed by atoms with Crippen molar-refractivity contribution in [3.8, 4) is 0 Å². The standard InChI is InChI=1S/C17H30N4O2S/c1-17(2,21-7-9-23-10-8-21)13-19-16(22)18-12-14(20(3)4)15-6-5-11-24-15/h5-6,11,14H,7-10,12-13H2,1-4H3,(H2,18,19,22). The molecule has 1 saturated heterocycles. The zero-order valence-corrected chi connectivity index (χ0v) is 16.0. The van der Waals surface area contributed by atoms with Gasteiger partial charge in [0.1, 0.15) is 0 Å². The fourth-order valence-corrected chi connectivity index (χ4v) is 3.77. The van der Waals surface area contributed by atoms with Gasteiger partial charge in [0.2, 0.25) is 0 Å². The van der Waals surface area contributed by atoms with Crippen LogP contribution in [-0.2, 0) is 4.74 Å². The summed E-state index contributed by atoms with van der Waals surface area (Å²) in [5, 5.41) is 8.08. The molecule has 0 radical (unpaired) electrons. The molecular formula is C17H30N4O2S. The fraction of sp³-hybridized carbons (Fsp3) is 0.706. The highest BCUT2D eigenvalue weighted by molar-refractivity contribution is 7.10. The molecule has 136 valence electrons. The largest absolute Gasteiger partial charge is 0.379 e. The maximum atomic E-state index is 12.2. The number of likely N-dealkylation sites (N-methyl/N-ethyl adjacent to an activating group) is 1. The quantitative estimate of drug-likeness (QED) is 0.783. The first-order chi connectivity index (χ1) is 11.4. The van der Waals surface area contributed by atoms with Crippen molar-refractivity contribution >= 4 is 17.4 Å². The van der Waals surface area contributed by atoms with E-state index in [9.17, 15) is 4.79 Å². The second-order valence-electron chi connectivity index (χ2n) is 6.97. The second-order valence-corrected chi connectivity index (χ2v) is 7.95. The van der Waals surface area contributed by atoms with Crippen molar-refractivity contribution in [1.82, 2.24) is 20.4 Å². The molecule has 6 nitrogen and oxygen atoms in total. The van der Waals surface area contributed by atoms with Crippen molar-refractivity contribution in [2.75, 3.05) is 53.5 Å². The van der Waals surface area contributed by atoms with Gasteiger partial charge in [0.25, 0.3) is 0 Å². The maximum Gasteiger partial charge on any atom is 0.314 e. The van der Waals surface area contributed by atoms with Crippen LogP contribution in [-0.4, -0.2) is 74.9 Å². The fourth-order valence-electron chi connectivity index (χ4n) is 2.85. The highest BCUT2D eigenvalue weighted by atomic mass is 32.1. The number of rotatable bonds is 7.